The van der Waals surface area contributed by atoms with E-state index in [0.29, 0.717) is 11.7 Å². The second-order valence-electron chi connectivity index (χ2n) is 4.33. The Morgan fingerprint density at radius 3 is 2.63 bits per heavy atom. The molecule has 98 valence electrons. The SMILES string of the molecule is Cn1cccc1C(c1nc(CN)no1)n1cccc1. The van der Waals surface area contributed by atoms with Gasteiger partial charge in [0.25, 0.3) is 5.89 Å². The minimum absolute atomic E-state index is 0.136. The first kappa shape index (κ1) is 11.7. The molecule has 6 heteroatoms. The molecule has 3 heterocycles. The highest BCUT2D eigenvalue weighted by Gasteiger charge is 2.24. The standard InChI is InChI=1S/C13H15N5O/c1-17-6-4-5-10(17)12(18-7-2-3-8-18)13-15-11(9-14)16-19-13/h2-8,12H,9,14H2,1H3. The molecule has 0 fully saturated rings. The Balaban J connectivity index is 2.09. The monoisotopic (exact) mass is 257 g/mol. The van der Waals surface area contributed by atoms with Crippen LogP contribution in [0.2, 0.25) is 0 Å². The van der Waals surface area contributed by atoms with Gasteiger partial charge in [0.2, 0.25) is 0 Å². The average Bonchev–Trinajstić information content (AvgIpc) is 3.14. The first-order chi connectivity index (χ1) is 9.29. The van der Waals surface area contributed by atoms with Crippen molar-refractivity contribution in [2.75, 3.05) is 0 Å². The predicted octanol–water partition coefficient (Wildman–Crippen LogP) is 1.31. The van der Waals surface area contributed by atoms with Crippen molar-refractivity contribution in [2.45, 2.75) is 12.6 Å². The Morgan fingerprint density at radius 2 is 2.05 bits per heavy atom. The van der Waals surface area contributed by atoms with Gasteiger partial charge in [-0.25, -0.2) is 0 Å². The zero-order chi connectivity index (χ0) is 13.2. The molecule has 3 aromatic rings. The van der Waals surface area contributed by atoms with Gasteiger partial charge in [0.1, 0.15) is 0 Å². The summed E-state index contributed by atoms with van der Waals surface area (Å²) >= 11 is 0. The third kappa shape index (κ3) is 2.06. The van der Waals surface area contributed by atoms with Gasteiger partial charge in [0.15, 0.2) is 11.9 Å². The van der Waals surface area contributed by atoms with Gasteiger partial charge in [-0.3, -0.25) is 0 Å². The summed E-state index contributed by atoms with van der Waals surface area (Å²) in [5.41, 5.74) is 6.61. The van der Waals surface area contributed by atoms with E-state index in [-0.39, 0.29) is 12.6 Å². The topological polar surface area (TPSA) is 74.8 Å². The van der Waals surface area contributed by atoms with Gasteiger partial charge in [-0.2, -0.15) is 4.98 Å². The Labute approximate surface area is 110 Å². The van der Waals surface area contributed by atoms with E-state index in [1.165, 1.54) is 0 Å². The van der Waals surface area contributed by atoms with Crippen molar-refractivity contribution in [3.8, 4) is 0 Å². The van der Waals surface area contributed by atoms with E-state index in [1.54, 1.807) is 0 Å². The van der Waals surface area contributed by atoms with E-state index >= 15 is 0 Å². The summed E-state index contributed by atoms with van der Waals surface area (Å²) in [4.78, 5) is 4.35. The van der Waals surface area contributed by atoms with Crippen molar-refractivity contribution in [3.05, 3.63) is 60.3 Å². The molecule has 2 N–H and O–H groups in total. The quantitative estimate of drug-likeness (QED) is 0.764. The Hall–Kier alpha value is -2.34. The van der Waals surface area contributed by atoms with Gasteiger partial charge >= 0.3 is 0 Å². The molecule has 0 aliphatic carbocycles. The summed E-state index contributed by atoms with van der Waals surface area (Å²) in [6, 6.07) is 7.83. The van der Waals surface area contributed by atoms with Gasteiger partial charge in [0, 0.05) is 25.6 Å². The molecule has 3 rings (SSSR count). The van der Waals surface area contributed by atoms with E-state index in [2.05, 4.69) is 10.1 Å². The second-order valence-corrected chi connectivity index (χ2v) is 4.33. The number of rotatable bonds is 4. The van der Waals surface area contributed by atoms with E-state index < -0.39 is 0 Å². The molecule has 0 aliphatic rings. The number of nitrogens with zero attached hydrogens (tertiary/aromatic N) is 4. The normalized spacial score (nSPS) is 12.7. The molecule has 0 aromatic carbocycles. The molecule has 0 amide bonds. The van der Waals surface area contributed by atoms with E-state index in [9.17, 15) is 0 Å². The molecule has 0 radical (unpaired) electrons. The van der Waals surface area contributed by atoms with Crippen LogP contribution in [0.5, 0.6) is 0 Å². The lowest BCUT2D eigenvalue weighted by Gasteiger charge is -2.16. The molecular formula is C13H15N5O. The summed E-state index contributed by atoms with van der Waals surface area (Å²) in [5, 5.41) is 3.87. The maximum Gasteiger partial charge on any atom is 0.255 e. The molecule has 6 nitrogen and oxygen atoms in total. The summed E-state index contributed by atoms with van der Waals surface area (Å²) < 4.78 is 9.41. The molecule has 19 heavy (non-hydrogen) atoms. The second kappa shape index (κ2) is 4.74. The van der Waals surface area contributed by atoms with Crippen LogP contribution in [0.15, 0.2) is 47.4 Å². The minimum atomic E-state index is -0.136. The fraction of sp³-hybridized carbons (Fsp3) is 0.231. The van der Waals surface area contributed by atoms with Crippen molar-refractivity contribution < 1.29 is 4.52 Å². The number of nitrogens with two attached hydrogens (primary N) is 1. The number of hydrogen-bond acceptors (Lipinski definition) is 4. The summed E-state index contributed by atoms with van der Waals surface area (Å²) in [5.74, 6) is 1.06. The molecule has 0 saturated heterocycles. The first-order valence-corrected chi connectivity index (χ1v) is 6.06. The highest BCUT2D eigenvalue weighted by atomic mass is 16.5. The zero-order valence-corrected chi connectivity index (χ0v) is 10.6. The van der Waals surface area contributed by atoms with E-state index in [0.717, 1.165) is 5.69 Å². The van der Waals surface area contributed by atoms with E-state index in [1.807, 2.05) is 59.0 Å². The number of aryl methyl sites for hydroxylation is 1. The molecule has 1 atom stereocenters. The van der Waals surface area contributed by atoms with Gasteiger partial charge in [-0.05, 0) is 24.3 Å². The van der Waals surface area contributed by atoms with Gasteiger partial charge in [-0.15, -0.1) is 0 Å². The zero-order valence-electron chi connectivity index (χ0n) is 10.6. The number of hydrogen-bond donors (Lipinski definition) is 1. The maximum absolute atomic E-state index is 5.53. The Morgan fingerprint density at radius 1 is 1.26 bits per heavy atom. The number of aromatic nitrogens is 4. The molecule has 3 aromatic heterocycles. The fourth-order valence-electron chi connectivity index (χ4n) is 2.15. The van der Waals surface area contributed by atoms with Crippen molar-refractivity contribution in [3.63, 3.8) is 0 Å². The summed E-state index contributed by atoms with van der Waals surface area (Å²) in [6.45, 7) is 0.273. The summed E-state index contributed by atoms with van der Waals surface area (Å²) in [7, 11) is 1.99. The van der Waals surface area contributed by atoms with Crippen LogP contribution >= 0.6 is 0 Å². The fourth-order valence-corrected chi connectivity index (χ4v) is 2.15. The Bertz CT molecular complexity index is 652. The third-order valence-corrected chi connectivity index (χ3v) is 3.09. The Kier molecular flexibility index (Phi) is 2.92. The van der Waals surface area contributed by atoms with Crippen LogP contribution in [0.4, 0.5) is 0 Å². The summed E-state index contributed by atoms with van der Waals surface area (Å²) in [6.07, 6.45) is 5.94. The average molecular weight is 257 g/mol. The molecule has 0 aliphatic heterocycles. The molecule has 0 saturated carbocycles. The van der Waals surface area contributed by atoms with Crippen molar-refractivity contribution in [1.29, 1.82) is 0 Å². The van der Waals surface area contributed by atoms with Crippen molar-refractivity contribution in [2.24, 2.45) is 12.8 Å². The van der Waals surface area contributed by atoms with Gasteiger partial charge in [0.05, 0.1) is 12.2 Å². The highest BCUT2D eigenvalue weighted by molar-refractivity contribution is 5.20. The van der Waals surface area contributed by atoms with Gasteiger partial charge < -0.3 is 19.4 Å². The van der Waals surface area contributed by atoms with Crippen LogP contribution in [0.25, 0.3) is 0 Å². The van der Waals surface area contributed by atoms with Crippen LogP contribution in [0.1, 0.15) is 23.5 Å². The molecule has 0 spiro atoms. The lowest BCUT2D eigenvalue weighted by Crippen LogP contribution is -2.14. The lowest BCUT2D eigenvalue weighted by atomic mass is 10.2. The van der Waals surface area contributed by atoms with Crippen molar-refractivity contribution in [1.82, 2.24) is 19.3 Å². The van der Waals surface area contributed by atoms with Gasteiger partial charge in [-0.1, -0.05) is 5.16 Å². The van der Waals surface area contributed by atoms with Crippen molar-refractivity contribution >= 4 is 0 Å². The molecular weight excluding hydrogens is 242 g/mol. The largest absolute Gasteiger partial charge is 0.352 e. The third-order valence-electron chi connectivity index (χ3n) is 3.09. The van der Waals surface area contributed by atoms with Crippen LogP contribution in [0, 0.1) is 0 Å². The maximum atomic E-state index is 5.53. The van der Waals surface area contributed by atoms with Crippen LogP contribution in [-0.2, 0) is 13.6 Å². The predicted molar refractivity (Wildman–Crippen MR) is 69.3 cm³/mol. The van der Waals surface area contributed by atoms with Crippen LogP contribution < -0.4 is 5.73 Å². The van der Waals surface area contributed by atoms with E-state index in [4.69, 9.17) is 10.3 Å². The first-order valence-electron chi connectivity index (χ1n) is 6.06. The van der Waals surface area contributed by atoms with Crippen LogP contribution in [0.3, 0.4) is 0 Å². The highest BCUT2D eigenvalue weighted by Crippen LogP contribution is 2.25. The smallest absolute Gasteiger partial charge is 0.255 e. The lowest BCUT2D eigenvalue weighted by molar-refractivity contribution is 0.345. The minimum Gasteiger partial charge on any atom is -0.352 e. The molecule has 0 bridgehead atoms. The van der Waals surface area contributed by atoms with Crippen LogP contribution in [-0.4, -0.2) is 19.3 Å². The molecule has 1 unspecified atom stereocenters.